The molecule has 0 spiro atoms. The van der Waals surface area contributed by atoms with E-state index in [2.05, 4.69) is 14.5 Å². The van der Waals surface area contributed by atoms with Gasteiger partial charge in [-0.25, -0.2) is 9.97 Å². The summed E-state index contributed by atoms with van der Waals surface area (Å²) in [5, 5.41) is 1.06. The van der Waals surface area contributed by atoms with Crippen LogP contribution in [0.15, 0.2) is 24.3 Å². The number of alkyl halides is 1. The van der Waals surface area contributed by atoms with E-state index >= 15 is 0 Å². The fourth-order valence-corrected chi connectivity index (χ4v) is 2.50. The maximum atomic E-state index is 5.98. The summed E-state index contributed by atoms with van der Waals surface area (Å²) in [5.74, 6) is 1.93. The second-order valence-electron chi connectivity index (χ2n) is 4.21. The van der Waals surface area contributed by atoms with Gasteiger partial charge in [-0.1, -0.05) is 18.2 Å². The number of benzene rings is 1. The molecule has 4 nitrogen and oxygen atoms in total. The predicted molar refractivity (Wildman–Crippen MR) is 74.9 cm³/mol. The van der Waals surface area contributed by atoms with Gasteiger partial charge in [-0.05, 0) is 13.0 Å². The zero-order valence-electron chi connectivity index (χ0n) is 10.0. The summed E-state index contributed by atoms with van der Waals surface area (Å²) in [6.45, 7) is 2.68. The van der Waals surface area contributed by atoms with Gasteiger partial charge in [-0.2, -0.15) is 0 Å². The Balaban J connectivity index is 2.51. The van der Waals surface area contributed by atoms with E-state index in [1.54, 1.807) is 0 Å². The zero-order valence-corrected chi connectivity index (χ0v) is 10.8. The maximum Gasteiger partial charge on any atom is 0.152 e. The second-order valence-corrected chi connectivity index (χ2v) is 4.59. The summed E-state index contributed by atoms with van der Waals surface area (Å²) in [4.78, 5) is 8.89. The standard InChI is InChI=1S/C13H13ClN4/c1-8-16-11-12(18(8)7-6-14)9-4-2-3-5-10(9)17-13(11)15/h2-5H,6-7H2,1H3,(H2,15,17). The molecule has 18 heavy (non-hydrogen) atoms. The number of aryl methyl sites for hydroxylation is 2. The Morgan fingerprint density at radius 2 is 2.06 bits per heavy atom. The Hall–Kier alpha value is -1.81. The molecule has 92 valence electrons. The van der Waals surface area contributed by atoms with Crippen molar-refractivity contribution in [2.24, 2.45) is 0 Å². The normalized spacial score (nSPS) is 11.4. The monoisotopic (exact) mass is 260 g/mol. The first-order chi connectivity index (χ1) is 8.72. The van der Waals surface area contributed by atoms with Crippen molar-refractivity contribution in [2.45, 2.75) is 13.5 Å². The summed E-state index contributed by atoms with van der Waals surface area (Å²) >= 11 is 5.86. The molecule has 0 aliphatic rings. The highest BCUT2D eigenvalue weighted by Crippen LogP contribution is 2.28. The first kappa shape index (κ1) is 11.3. The molecule has 0 amide bonds. The highest BCUT2D eigenvalue weighted by Gasteiger charge is 2.14. The van der Waals surface area contributed by atoms with E-state index in [4.69, 9.17) is 17.3 Å². The van der Waals surface area contributed by atoms with Gasteiger partial charge >= 0.3 is 0 Å². The molecule has 0 unspecified atom stereocenters. The van der Waals surface area contributed by atoms with Gasteiger partial charge in [0.05, 0.1) is 11.0 Å². The van der Waals surface area contributed by atoms with Crippen LogP contribution in [0.4, 0.5) is 5.82 Å². The van der Waals surface area contributed by atoms with Crippen LogP contribution in [0.1, 0.15) is 5.82 Å². The largest absolute Gasteiger partial charge is 0.382 e. The number of aromatic nitrogens is 3. The lowest BCUT2D eigenvalue weighted by atomic mass is 10.2. The fourth-order valence-electron chi connectivity index (χ4n) is 2.33. The third kappa shape index (κ3) is 1.53. The van der Waals surface area contributed by atoms with Gasteiger partial charge < -0.3 is 10.3 Å². The molecule has 2 N–H and O–H groups in total. The third-order valence-corrected chi connectivity index (χ3v) is 3.28. The van der Waals surface area contributed by atoms with E-state index in [0.29, 0.717) is 11.7 Å². The molecule has 3 aromatic rings. The predicted octanol–water partition coefficient (Wildman–Crippen LogP) is 2.71. The average molecular weight is 261 g/mol. The molecule has 0 atom stereocenters. The zero-order chi connectivity index (χ0) is 12.7. The molecule has 2 aromatic heterocycles. The smallest absolute Gasteiger partial charge is 0.152 e. The highest BCUT2D eigenvalue weighted by molar-refractivity contribution is 6.18. The van der Waals surface area contributed by atoms with Crippen molar-refractivity contribution in [3.05, 3.63) is 30.1 Å². The quantitative estimate of drug-likeness (QED) is 0.721. The van der Waals surface area contributed by atoms with E-state index < -0.39 is 0 Å². The Kier molecular flexibility index (Phi) is 2.59. The number of hydrogen-bond acceptors (Lipinski definition) is 3. The molecule has 0 bridgehead atoms. The number of nitrogens with zero attached hydrogens (tertiary/aromatic N) is 3. The second kappa shape index (κ2) is 4.14. The number of pyridine rings is 1. The molecule has 5 heteroatoms. The minimum atomic E-state index is 0.472. The number of hydrogen-bond donors (Lipinski definition) is 1. The number of nitrogens with two attached hydrogens (primary N) is 1. The van der Waals surface area contributed by atoms with Gasteiger partial charge in [0.2, 0.25) is 0 Å². The maximum absolute atomic E-state index is 5.98. The van der Waals surface area contributed by atoms with Gasteiger partial charge in [-0.15, -0.1) is 11.6 Å². The number of para-hydroxylation sites is 1. The van der Waals surface area contributed by atoms with Crippen LogP contribution < -0.4 is 5.73 Å². The molecule has 1 aromatic carbocycles. The summed E-state index contributed by atoms with van der Waals surface area (Å²) in [7, 11) is 0. The number of nitrogen functional groups attached to an aromatic ring is 1. The molecular formula is C13H13ClN4. The number of imidazole rings is 1. The molecule has 0 saturated heterocycles. The first-order valence-corrected chi connectivity index (χ1v) is 6.33. The highest BCUT2D eigenvalue weighted by atomic mass is 35.5. The molecular weight excluding hydrogens is 248 g/mol. The van der Waals surface area contributed by atoms with Crippen molar-refractivity contribution in [2.75, 3.05) is 11.6 Å². The van der Waals surface area contributed by atoms with Crippen LogP contribution in [-0.2, 0) is 6.54 Å². The van der Waals surface area contributed by atoms with Crippen LogP contribution in [0.3, 0.4) is 0 Å². The SMILES string of the molecule is Cc1nc2c(N)nc3ccccc3c2n1CCCl. The van der Waals surface area contributed by atoms with Crippen LogP contribution >= 0.6 is 11.6 Å². The summed E-state index contributed by atoms with van der Waals surface area (Å²) in [5.41, 5.74) is 8.65. The van der Waals surface area contributed by atoms with Crippen LogP contribution in [0.5, 0.6) is 0 Å². The van der Waals surface area contributed by atoms with Gasteiger partial charge in [0.15, 0.2) is 5.82 Å². The van der Waals surface area contributed by atoms with Crippen molar-refractivity contribution in [1.29, 1.82) is 0 Å². The summed E-state index contributed by atoms with van der Waals surface area (Å²) < 4.78 is 2.10. The lowest BCUT2D eigenvalue weighted by Gasteiger charge is -2.07. The molecule has 0 aliphatic carbocycles. The van der Waals surface area contributed by atoms with Crippen molar-refractivity contribution >= 4 is 39.4 Å². The first-order valence-electron chi connectivity index (χ1n) is 5.79. The van der Waals surface area contributed by atoms with E-state index in [1.807, 2.05) is 31.2 Å². The number of halogens is 1. The fraction of sp³-hybridized carbons (Fsp3) is 0.231. The van der Waals surface area contributed by atoms with Gasteiger partial charge in [0, 0.05) is 17.8 Å². The Bertz CT molecular complexity index is 733. The molecule has 0 saturated carbocycles. The summed E-state index contributed by atoms with van der Waals surface area (Å²) in [6.07, 6.45) is 0. The molecule has 3 rings (SSSR count). The average Bonchev–Trinajstić information content (AvgIpc) is 2.69. The van der Waals surface area contributed by atoms with Crippen molar-refractivity contribution in [1.82, 2.24) is 14.5 Å². The number of anilines is 1. The van der Waals surface area contributed by atoms with Crippen molar-refractivity contribution < 1.29 is 0 Å². The minimum Gasteiger partial charge on any atom is -0.382 e. The minimum absolute atomic E-state index is 0.472. The lowest BCUT2D eigenvalue weighted by molar-refractivity contribution is 0.760. The lowest BCUT2D eigenvalue weighted by Crippen LogP contribution is -2.02. The van der Waals surface area contributed by atoms with E-state index in [9.17, 15) is 0 Å². The Morgan fingerprint density at radius 3 is 2.83 bits per heavy atom. The Labute approximate surface area is 109 Å². The molecule has 0 fully saturated rings. The Morgan fingerprint density at radius 1 is 1.28 bits per heavy atom. The van der Waals surface area contributed by atoms with Crippen LogP contribution in [0.25, 0.3) is 21.9 Å². The van der Waals surface area contributed by atoms with Crippen LogP contribution in [-0.4, -0.2) is 20.4 Å². The molecule has 0 radical (unpaired) electrons. The van der Waals surface area contributed by atoms with Crippen LogP contribution in [0.2, 0.25) is 0 Å². The molecule has 2 heterocycles. The number of rotatable bonds is 2. The topological polar surface area (TPSA) is 56.7 Å². The van der Waals surface area contributed by atoms with Gasteiger partial charge in [0.1, 0.15) is 11.3 Å². The molecule has 0 aliphatic heterocycles. The van der Waals surface area contributed by atoms with Crippen LogP contribution in [0, 0.1) is 6.92 Å². The number of fused-ring (bicyclic) bond motifs is 3. The van der Waals surface area contributed by atoms with Crippen molar-refractivity contribution in [3.8, 4) is 0 Å². The summed E-state index contributed by atoms with van der Waals surface area (Å²) in [6, 6.07) is 7.94. The van der Waals surface area contributed by atoms with Crippen molar-refractivity contribution in [3.63, 3.8) is 0 Å². The third-order valence-electron chi connectivity index (χ3n) is 3.11. The van der Waals surface area contributed by atoms with Gasteiger partial charge in [-0.3, -0.25) is 0 Å². The van der Waals surface area contributed by atoms with Gasteiger partial charge in [0.25, 0.3) is 0 Å². The van der Waals surface area contributed by atoms with E-state index in [1.165, 1.54) is 0 Å². The van der Waals surface area contributed by atoms with E-state index in [-0.39, 0.29) is 0 Å². The van der Waals surface area contributed by atoms with E-state index in [0.717, 1.165) is 34.3 Å².